The molecule has 1 N–H and O–H groups in total. The van der Waals surface area contributed by atoms with Gasteiger partial charge in [0, 0.05) is 6.20 Å². The number of halogens is 1. The van der Waals surface area contributed by atoms with Gasteiger partial charge in [0.05, 0.1) is 11.7 Å². The molecular formula is C17H21ClN2. The molecule has 0 spiro atoms. The Balaban J connectivity index is 2.21. The second-order valence-corrected chi connectivity index (χ2v) is 5.41. The second kappa shape index (κ2) is 6.76. The number of anilines is 1. The molecular weight excluding hydrogens is 268 g/mol. The van der Waals surface area contributed by atoms with E-state index in [0.717, 1.165) is 24.1 Å². The number of rotatable bonds is 5. The fourth-order valence-electron chi connectivity index (χ4n) is 2.25. The quantitative estimate of drug-likeness (QED) is 0.768. The van der Waals surface area contributed by atoms with Crippen molar-refractivity contribution in [3.8, 4) is 0 Å². The largest absolute Gasteiger partial charge is 0.376 e. The van der Waals surface area contributed by atoms with Crippen molar-refractivity contribution < 1.29 is 0 Å². The maximum atomic E-state index is 6.16. The van der Waals surface area contributed by atoms with Gasteiger partial charge in [0.15, 0.2) is 5.15 Å². The molecule has 0 aliphatic rings. The molecule has 2 nitrogen and oxygen atoms in total. The summed E-state index contributed by atoms with van der Waals surface area (Å²) in [5, 5.41) is 4.02. The Morgan fingerprint density at radius 3 is 2.50 bits per heavy atom. The van der Waals surface area contributed by atoms with Gasteiger partial charge in [-0.1, -0.05) is 49.7 Å². The zero-order chi connectivity index (χ0) is 14.5. The first-order chi connectivity index (χ1) is 9.63. The lowest BCUT2D eigenvalue weighted by Crippen LogP contribution is -2.10. The molecule has 0 aliphatic carbocycles. The number of pyridine rings is 1. The molecule has 0 radical (unpaired) electrons. The van der Waals surface area contributed by atoms with Crippen LogP contribution in [0.3, 0.4) is 0 Å². The molecule has 2 rings (SSSR count). The van der Waals surface area contributed by atoms with Crippen molar-refractivity contribution in [1.82, 2.24) is 4.98 Å². The molecule has 1 aromatic heterocycles. The molecule has 0 saturated heterocycles. The van der Waals surface area contributed by atoms with E-state index in [2.05, 4.69) is 48.4 Å². The lowest BCUT2D eigenvalue weighted by atomic mass is 10.0. The molecule has 1 atom stereocenters. The van der Waals surface area contributed by atoms with Crippen molar-refractivity contribution in [3.63, 3.8) is 0 Å². The maximum Gasteiger partial charge on any atom is 0.152 e. The molecule has 0 amide bonds. The predicted octanol–water partition coefficient (Wildman–Crippen LogP) is 5.17. The zero-order valence-electron chi connectivity index (χ0n) is 12.3. The fraction of sp³-hybridized carbons (Fsp3) is 0.353. The first-order valence-electron chi connectivity index (χ1n) is 7.11. The summed E-state index contributed by atoms with van der Waals surface area (Å²) in [7, 11) is 0. The summed E-state index contributed by atoms with van der Waals surface area (Å²) >= 11 is 6.16. The fourth-order valence-corrected chi connectivity index (χ4v) is 2.41. The van der Waals surface area contributed by atoms with Crippen LogP contribution in [0.2, 0.25) is 5.15 Å². The molecule has 3 heteroatoms. The predicted molar refractivity (Wildman–Crippen MR) is 86.5 cm³/mol. The molecule has 1 heterocycles. The Morgan fingerprint density at radius 2 is 1.90 bits per heavy atom. The van der Waals surface area contributed by atoms with E-state index in [1.54, 1.807) is 6.20 Å². The first kappa shape index (κ1) is 14.9. The highest BCUT2D eigenvalue weighted by molar-refractivity contribution is 6.31. The number of aromatic nitrogens is 1. The van der Waals surface area contributed by atoms with Crippen LogP contribution in [0.15, 0.2) is 36.5 Å². The molecule has 0 bridgehead atoms. The van der Waals surface area contributed by atoms with Crippen LogP contribution < -0.4 is 5.32 Å². The number of benzene rings is 1. The van der Waals surface area contributed by atoms with Gasteiger partial charge in [0.2, 0.25) is 0 Å². The van der Waals surface area contributed by atoms with E-state index < -0.39 is 0 Å². The molecule has 1 unspecified atom stereocenters. The molecule has 2 aromatic rings. The second-order valence-electron chi connectivity index (χ2n) is 5.05. The Labute approximate surface area is 126 Å². The van der Waals surface area contributed by atoms with E-state index >= 15 is 0 Å². The van der Waals surface area contributed by atoms with Gasteiger partial charge in [-0.05, 0) is 42.5 Å². The average Bonchev–Trinajstić information content (AvgIpc) is 2.48. The number of aryl methyl sites for hydroxylation is 2. The molecule has 20 heavy (non-hydrogen) atoms. The summed E-state index contributed by atoms with van der Waals surface area (Å²) in [6, 6.07) is 11.1. The summed E-state index contributed by atoms with van der Waals surface area (Å²) in [5.41, 5.74) is 4.65. The van der Waals surface area contributed by atoms with Crippen LogP contribution in [0.25, 0.3) is 0 Å². The van der Waals surface area contributed by atoms with Crippen molar-refractivity contribution in [2.45, 2.75) is 39.7 Å². The van der Waals surface area contributed by atoms with Crippen molar-refractivity contribution in [1.29, 1.82) is 0 Å². The Bertz CT molecular complexity index is 564. The lowest BCUT2D eigenvalue weighted by molar-refractivity contribution is 0.748. The summed E-state index contributed by atoms with van der Waals surface area (Å²) in [4.78, 5) is 4.19. The van der Waals surface area contributed by atoms with Gasteiger partial charge in [-0.2, -0.15) is 0 Å². The number of hydrogen-bond acceptors (Lipinski definition) is 2. The monoisotopic (exact) mass is 288 g/mol. The van der Waals surface area contributed by atoms with E-state index in [1.807, 2.05) is 13.0 Å². The van der Waals surface area contributed by atoms with Gasteiger partial charge in [0.1, 0.15) is 0 Å². The summed E-state index contributed by atoms with van der Waals surface area (Å²) in [6.45, 7) is 6.36. The average molecular weight is 289 g/mol. The van der Waals surface area contributed by atoms with Crippen molar-refractivity contribution in [3.05, 3.63) is 58.4 Å². The molecule has 106 valence electrons. The highest BCUT2D eigenvalue weighted by Crippen LogP contribution is 2.27. The SMILES string of the molecule is CCc1ccc(C(CC)Nc2cc(C)cnc2Cl)cc1. The Hall–Kier alpha value is -1.54. The van der Waals surface area contributed by atoms with Gasteiger partial charge in [-0.3, -0.25) is 0 Å². The van der Waals surface area contributed by atoms with Crippen LogP contribution in [-0.4, -0.2) is 4.98 Å². The number of hydrogen-bond donors (Lipinski definition) is 1. The number of nitrogens with one attached hydrogen (secondary N) is 1. The van der Waals surface area contributed by atoms with E-state index in [4.69, 9.17) is 11.6 Å². The normalized spacial score (nSPS) is 12.2. The molecule has 0 fully saturated rings. The standard InChI is InChI=1S/C17H21ClN2/c1-4-13-6-8-14(9-7-13)15(5-2)20-16-10-12(3)11-19-17(16)18/h6-11,15,20H,4-5H2,1-3H3. The Kier molecular flexibility index (Phi) is 5.02. The minimum absolute atomic E-state index is 0.252. The van der Waals surface area contributed by atoms with Crippen molar-refractivity contribution in [2.24, 2.45) is 0 Å². The van der Waals surface area contributed by atoms with Crippen molar-refractivity contribution in [2.75, 3.05) is 5.32 Å². The third-order valence-corrected chi connectivity index (χ3v) is 3.81. The van der Waals surface area contributed by atoms with Gasteiger partial charge in [-0.15, -0.1) is 0 Å². The smallest absolute Gasteiger partial charge is 0.152 e. The van der Waals surface area contributed by atoms with Gasteiger partial charge in [-0.25, -0.2) is 4.98 Å². The van der Waals surface area contributed by atoms with Gasteiger partial charge in [0.25, 0.3) is 0 Å². The number of nitrogens with zero attached hydrogens (tertiary/aromatic N) is 1. The van der Waals surface area contributed by atoms with Crippen LogP contribution in [0.5, 0.6) is 0 Å². The van der Waals surface area contributed by atoms with E-state index in [9.17, 15) is 0 Å². The van der Waals surface area contributed by atoms with E-state index in [0.29, 0.717) is 5.15 Å². The van der Waals surface area contributed by atoms with Crippen LogP contribution in [-0.2, 0) is 6.42 Å². The van der Waals surface area contributed by atoms with Crippen molar-refractivity contribution >= 4 is 17.3 Å². The van der Waals surface area contributed by atoms with Crippen LogP contribution in [0.1, 0.15) is 43.0 Å². The zero-order valence-corrected chi connectivity index (χ0v) is 13.0. The minimum atomic E-state index is 0.252. The molecule has 0 aliphatic heterocycles. The van der Waals surface area contributed by atoms with Crippen LogP contribution in [0, 0.1) is 6.92 Å². The molecule has 0 saturated carbocycles. The maximum absolute atomic E-state index is 6.16. The minimum Gasteiger partial charge on any atom is -0.376 e. The third-order valence-electron chi connectivity index (χ3n) is 3.50. The third kappa shape index (κ3) is 3.51. The summed E-state index contributed by atoms with van der Waals surface area (Å²) in [6.07, 6.45) is 3.85. The highest BCUT2D eigenvalue weighted by atomic mass is 35.5. The van der Waals surface area contributed by atoms with E-state index in [-0.39, 0.29) is 6.04 Å². The van der Waals surface area contributed by atoms with E-state index in [1.165, 1.54) is 11.1 Å². The van der Waals surface area contributed by atoms with Gasteiger partial charge < -0.3 is 5.32 Å². The van der Waals surface area contributed by atoms with Crippen LogP contribution >= 0.6 is 11.6 Å². The summed E-state index contributed by atoms with van der Waals surface area (Å²) < 4.78 is 0. The molecule has 1 aromatic carbocycles. The highest BCUT2D eigenvalue weighted by Gasteiger charge is 2.11. The summed E-state index contributed by atoms with van der Waals surface area (Å²) in [5.74, 6) is 0. The topological polar surface area (TPSA) is 24.9 Å². The van der Waals surface area contributed by atoms with Crippen LogP contribution in [0.4, 0.5) is 5.69 Å². The van der Waals surface area contributed by atoms with Gasteiger partial charge >= 0.3 is 0 Å². The first-order valence-corrected chi connectivity index (χ1v) is 7.49. The lowest BCUT2D eigenvalue weighted by Gasteiger charge is -2.20. The Morgan fingerprint density at radius 1 is 1.20 bits per heavy atom.